The van der Waals surface area contributed by atoms with Gasteiger partial charge in [0.1, 0.15) is 5.82 Å². The molecule has 0 bridgehead atoms. The second-order valence-electron chi connectivity index (χ2n) is 6.85. The molecule has 0 unspecified atom stereocenters. The zero-order valence-corrected chi connectivity index (χ0v) is 16.4. The average Bonchev–Trinajstić information content (AvgIpc) is 3.20. The fourth-order valence-corrected chi connectivity index (χ4v) is 4.34. The summed E-state index contributed by atoms with van der Waals surface area (Å²) in [6, 6.07) is 14.8. The van der Waals surface area contributed by atoms with Crippen LogP contribution in [0.25, 0.3) is 11.4 Å². The van der Waals surface area contributed by atoms with Gasteiger partial charge in [0, 0.05) is 7.05 Å². The fraction of sp³-hybridized carbons (Fsp3) is 0.286. The van der Waals surface area contributed by atoms with E-state index in [0.29, 0.717) is 16.5 Å². The number of rotatable bonds is 5. The molecule has 0 radical (unpaired) electrons. The number of halogens is 1. The van der Waals surface area contributed by atoms with E-state index in [1.165, 1.54) is 29.0 Å². The highest BCUT2D eigenvalue weighted by Crippen LogP contribution is 2.34. The van der Waals surface area contributed by atoms with Gasteiger partial charge in [0.2, 0.25) is 11.1 Å². The largest absolute Gasteiger partial charge is 0.338 e. The lowest BCUT2D eigenvalue weighted by molar-refractivity contribution is -0.129. The van der Waals surface area contributed by atoms with Crippen LogP contribution in [0.3, 0.4) is 0 Å². The van der Waals surface area contributed by atoms with Gasteiger partial charge in [-0.15, -0.1) is 5.10 Å². The van der Waals surface area contributed by atoms with Gasteiger partial charge in [0.25, 0.3) is 0 Å². The molecule has 0 fully saturated rings. The molecule has 2 aromatic carbocycles. The number of benzene rings is 2. The van der Waals surface area contributed by atoms with Crippen LogP contribution in [-0.4, -0.2) is 38.8 Å². The lowest BCUT2D eigenvalue weighted by Gasteiger charge is -2.33. The van der Waals surface area contributed by atoms with Crippen molar-refractivity contribution in [3.05, 3.63) is 65.5 Å². The van der Waals surface area contributed by atoms with E-state index >= 15 is 0 Å². The average molecular weight is 396 g/mol. The topological polar surface area (TPSA) is 61.9 Å². The molecule has 0 saturated carbocycles. The van der Waals surface area contributed by atoms with Crippen LogP contribution in [-0.2, 0) is 11.2 Å². The van der Waals surface area contributed by atoms with E-state index in [9.17, 15) is 9.18 Å². The van der Waals surface area contributed by atoms with Crippen molar-refractivity contribution in [2.45, 2.75) is 30.5 Å². The van der Waals surface area contributed by atoms with Gasteiger partial charge >= 0.3 is 0 Å². The number of aromatic nitrogens is 3. The molecule has 4 rings (SSSR count). The Kier molecular flexibility index (Phi) is 5.43. The predicted molar refractivity (Wildman–Crippen MR) is 107 cm³/mol. The first-order valence-electron chi connectivity index (χ1n) is 9.27. The molecule has 7 heteroatoms. The van der Waals surface area contributed by atoms with E-state index < -0.39 is 0 Å². The zero-order chi connectivity index (χ0) is 19.5. The highest BCUT2D eigenvalue weighted by atomic mass is 32.2. The number of hydrogen-bond acceptors (Lipinski definition) is 4. The monoisotopic (exact) mass is 396 g/mol. The molecule has 1 aromatic heterocycles. The Bertz CT molecular complexity index is 990. The van der Waals surface area contributed by atoms with Crippen LogP contribution in [0.2, 0.25) is 0 Å². The maximum absolute atomic E-state index is 13.9. The Morgan fingerprint density at radius 2 is 2.04 bits per heavy atom. The number of nitrogens with zero attached hydrogens (tertiary/aromatic N) is 3. The van der Waals surface area contributed by atoms with Crippen molar-refractivity contribution < 1.29 is 9.18 Å². The summed E-state index contributed by atoms with van der Waals surface area (Å²) in [5, 5.41) is 7.28. The summed E-state index contributed by atoms with van der Waals surface area (Å²) in [5.74, 6) is 0.275. The second-order valence-corrected chi connectivity index (χ2v) is 7.79. The van der Waals surface area contributed by atoms with Gasteiger partial charge < -0.3 is 4.90 Å². The molecule has 1 heterocycles. The Morgan fingerprint density at radius 3 is 2.89 bits per heavy atom. The molecule has 28 heavy (non-hydrogen) atoms. The molecule has 1 N–H and O–H groups in total. The van der Waals surface area contributed by atoms with Crippen LogP contribution in [0.15, 0.2) is 53.7 Å². The first-order chi connectivity index (χ1) is 13.6. The molecule has 0 saturated heterocycles. The van der Waals surface area contributed by atoms with E-state index in [1.54, 1.807) is 18.2 Å². The lowest BCUT2D eigenvalue weighted by Crippen LogP contribution is -2.34. The summed E-state index contributed by atoms with van der Waals surface area (Å²) < 4.78 is 13.9. The molecule has 0 aliphatic heterocycles. The van der Waals surface area contributed by atoms with Crippen LogP contribution in [0.1, 0.15) is 30.0 Å². The van der Waals surface area contributed by atoms with E-state index in [4.69, 9.17) is 0 Å². The van der Waals surface area contributed by atoms with Crippen molar-refractivity contribution in [3.63, 3.8) is 0 Å². The SMILES string of the molecule is CN(C(=O)CSc1n[nH]c(-c2ccccc2F)n1)[C@@H]1CCCc2ccccc21. The number of aryl methyl sites for hydroxylation is 1. The molecule has 1 aliphatic rings. The highest BCUT2D eigenvalue weighted by Gasteiger charge is 2.26. The smallest absolute Gasteiger partial charge is 0.233 e. The second kappa shape index (κ2) is 8.14. The summed E-state index contributed by atoms with van der Waals surface area (Å²) >= 11 is 1.26. The third-order valence-corrected chi connectivity index (χ3v) is 5.95. The summed E-state index contributed by atoms with van der Waals surface area (Å²) in [4.78, 5) is 18.9. The van der Waals surface area contributed by atoms with Gasteiger partial charge in [0.15, 0.2) is 5.82 Å². The van der Waals surface area contributed by atoms with Crippen LogP contribution in [0, 0.1) is 5.82 Å². The van der Waals surface area contributed by atoms with Gasteiger partial charge in [-0.05, 0) is 42.5 Å². The third-order valence-electron chi connectivity index (χ3n) is 5.12. The van der Waals surface area contributed by atoms with Crippen LogP contribution >= 0.6 is 11.8 Å². The standard InChI is InChI=1S/C21H21FN4OS/c1-26(18-12-6-8-14-7-2-3-9-15(14)18)19(27)13-28-21-23-20(24-25-21)16-10-4-5-11-17(16)22/h2-5,7,9-11,18H,6,8,12-13H2,1H3,(H,23,24,25)/t18-/m1/s1. The van der Waals surface area contributed by atoms with Crippen molar-refractivity contribution in [1.82, 2.24) is 20.1 Å². The van der Waals surface area contributed by atoms with Gasteiger partial charge in [-0.3, -0.25) is 9.89 Å². The van der Waals surface area contributed by atoms with Crippen molar-refractivity contribution in [2.24, 2.45) is 0 Å². The maximum atomic E-state index is 13.9. The number of aromatic amines is 1. The summed E-state index contributed by atoms with van der Waals surface area (Å²) in [5.41, 5.74) is 2.94. The van der Waals surface area contributed by atoms with Gasteiger partial charge in [0.05, 0.1) is 17.4 Å². The van der Waals surface area contributed by atoms with Crippen LogP contribution < -0.4 is 0 Å². The molecule has 3 aromatic rings. The predicted octanol–water partition coefficient (Wildman–Crippen LogP) is 4.24. The zero-order valence-electron chi connectivity index (χ0n) is 15.6. The number of amides is 1. The first kappa shape index (κ1) is 18.7. The summed E-state index contributed by atoms with van der Waals surface area (Å²) in [6.07, 6.45) is 3.13. The first-order valence-corrected chi connectivity index (χ1v) is 10.3. The lowest BCUT2D eigenvalue weighted by atomic mass is 9.87. The maximum Gasteiger partial charge on any atom is 0.233 e. The number of hydrogen-bond donors (Lipinski definition) is 1. The van der Waals surface area contributed by atoms with E-state index in [2.05, 4.69) is 33.4 Å². The van der Waals surface area contributed by atoms with Crippen molar-refractivity contribution in [3.8, 4) is 11.4 Å². The van der Waals surface area contributed by atoms with E-state index in [0.717, 1.165) is 19.3 Å². The van der Waals surface area contributed by atoms with Crippen molar-refractivity contribution in [1.29, 1.82) is 0 Å². The van der Waals surface area contributed by atoms with Crippen LogP contribution in [0.4, 0.5) is 4.39 Å². The van der Waals surface area contributed by atoms with Gasteiger partial charge in [-0.1, -0.05) is 48.2 Å². The van der Waals surface area contributed by atoms with E-state index in [1.807, 2.05) is 18.0 Å². The number of H-pyrrole nitrogens is 1. The Morgan fingerprint density at radius 1 is 1.25 bits per heavy atom. The van der Waals surface area contributed by atoms with Crippen molar-refractivity contribution in [2.75, 3.05) is 12.8 Å². The summed E-state index contributed by atoms with van der Waals surface area (Å²) in [6.45, 7) is 0. The molecule has 1 aliphatic carbocycles. The minimum Gasteiger partial charge on any atom is -0.338 e. The van der Waals surface area contributed by atoms with Crippen LogP contribution in [0.5, 0.6) is 0 Å². The molecule has 0 spiro atoms. The molecular weight excluding hydrogens is 375 g/mol. The molecule has 1 atom stereocenters. The Hall–Kier alpha value is -2.67. The van der Waals surface area contributed by atoms with E-state index in [-0.39, 0.29) is 23.5 Å². The summed E-state index contributed by atoms with van der Waals surface area (Å²) in [7, 11) is 1.86. The number of thioether (sulfide) groups is 1. The third kappa shape index (κ3) is 3.80. The number of nitrogens with one attached hydrogen (secondary N) is 1. The highest BCUT2D eigenvalue weighted by molar-refractivity contribution is 7.99. The number of carbonyl (C=O) groups excluding carboxylic acids is 1. The normalized spacial score (nSPS) is 15.9. The quantitative estimate of drug-likeness (QED) is 0.656. The molecule has 144 valence electrons. The Balaban J connectivity index is 1.41. The molecule has 1 amide bonds. The number of fused-ring (bicyclic) bond motifs is 1. The van der Waals surface area contributed by atoms with Gasteiger partial charge in [-0.2, -0.15) is 0 Å². The van der Waals surface area contributed by atoms with Gasteiger partial charge in [-0.25, -0.2) is 9.37 Å². The minimum absolute atomic E-state index is 0.0314. The Labute approximate surface area is 167 Å². The minimum atomic E-state index is -0.359. The number of carbonyl (C=O) groups is 1. The molecule has 5 nitrogen and oxygen atoms in total. The fourth-order valence-electron chi connectivity index (χ4n) is 3.62. The van der Waals surface area contributed by atoms with Crippen molar-refractivity contribution >= 4 is 17.7 Å². The molecular formula is C21H21FN4OS.